The van der Waals surface area contributed by atoms with Crippen LogP contribution in [0.3, 0.4) is 0 Å². The minimum absolute atomic E-state index is 0.0807. The van der Waals surface area contributed by atoms with Crippen molar-refractivity contribution in [3.8, 4) is 17.1 Å². The summed E-state index contributed by atoms with van der Waals surface area (Å²) >= 11 is 6.81. The lowest BCUT2D eigenvalue weighted by Gasteiger charge is -2.41. The molecule has 0 radical (unpaired) electrons. The number of amidine groups is 1. The first-order valence-electron chi connectivity index (χ1n) is 14.0. The molecule has 0 saturated carbocycles. The van der Waals surface area contributed by atoms with Gasteiger partial charge in [-0.3, -0.25) is 19.5 Å². The third-order valence-electron chi connectivity index (χ3n) is 7.44. The normalized spacial score (nSPS) is 15.5. The molecule has 1 fully saturated rings. The third-order valence-corrected chi connectivity index (χ3v) is 7.73. The molecule has 226 valence electrons. The highest BCUT2D eigenvalue weighted by Gasteiger charge is 2.33. The van der Waals surface area contributed by atoms with Crippen molar-refractivity contribution in [2.24, 2.45) is 4.99 Å². The smallest absolute Gasteiger partial charge is 0.246 e. The molecule has 2 amide bonds. The fourth-order valence-electron chi connectivity index (χ4n) is 5.36. The van der Waals surface area contributed by atoms with E-state index in [0.717, 1.165) is 5.56 Å². The number of carbonyl (C=O) groups excluding carboxylic acids is 2. The van der Waals surface area contributed by atoms with Crippen molar-refractivity contribution in [1.82, 2.24) is 19.8 Å². The average molecular weight is 607 g/mol. The van der Waals surface area contributed by atoms with Crippen molar-refractivity contribution in [3.05, 3.63) is 76.7 Å². The minimum Gasteiger partial charge on any atom is -0.481 e. The fraction of sp³-hybridized carbons (Fsp3) is 0.344. The number of benzene rings is 1. The molecule has 0 bridgehead atoms. The van der Waals surface area contributed by atoms with Gasteiger partial charge in [-0.15, -0.1) is 0 Å². The number of rotatable bonds is 8. The summed E-state index contributed by atoms with van der Waals surface area (Å²) in [4.78, 5) is 44.7. The summed E-state index contributed by atoms with van der Waals surface area (Å²) in [7, 11) is 3.19. The van der Waals surface area contributed by atoms with Crippen LogP contribution in [0.2, 0.25) is 5.02 Å². The molecule has 1 unspecified atom stereocenters. The molecule has 1 aliphatic rings. The Bertz CT molecular complexity index is 1580. The van der Waals surface area contributed by atoms with E-state index in [1.807, 2.05) is 27.7 Å². The van der Waals surface area contributed by atoms with Gasteiger partial charge in [-0.05, 0) is 49.6 Å². The van der Waals surface area contributed by atoms with Crippen LogP contribution in [0, 0.1) is 12.7 Å². The molecule has 9 nitrogen and oxygen atoms in total. The predicted molar refractivity (Wildman–Crippen MR) is 168 cm³/mol. The van der Waals surface area contributed by atoms with Crippen molar-refractivity contribution in [1.29, 1.82) is 0 Å². The number of piperazine rings is 1. The number of carbonyl (C=O) groups is 2. The van der Waals surface area contributed by atoms with Crippen LogP contribution in [0.4, 0.5) is 15.9 Å². The number of halogens is 2. The topological polar surface area (TPSA) is 91.2 Å². The van der Waals surface area contributed by atoms with Gasteiger partial charge in [-0.1, -0.05) is 44.2 Å². The van der Waals surface area contributed by atoms with E-state index in [1.54, 1.807) is 42.3 Å². The first-order valence-corrected chi connectivity index (χ1v) is 14.3. The van der Waals surface area contributed by atoms with Crippen molar-refractivity contribution in [2.75, 3.05) is 38.7 Å². The number of hydrogen-bond acceptors (Lipinski definition) is 6. The Morgan fingerprint density at radius 3 is 2.56 bits per heavy atom. The van der Waals surface area contributed by atoms with Gasteiger partial charge < -0.3 is 14.5 Å². The van der Waals surface area contributed by atoms with Gasteiger partial charge in [0, 0.05) is 44.4 Å². The third kappa shape index (κ3) is 6.24. The van der Waals surface area contributed by atoms with Gasteiger partial charge in [-0.2, -0.15) is 0 Å². The maximum absolute atomic E-state index is 15.0. The van der Waals surface area contributed by atoms with Gasteiger partial charge in [0.2, 0.25) is 18.2 Å². The van der Waals surface area contributed by atoms with Gasteiger partial charge >= 0.3 is 0 Å². The molecule has 3 heterocycles. The zero-order valence-electron chi connectivity index (χ0n) is 25.3. The van der Waals surface area contributed by atoms with Crippen LogP contribution < -0.4 is 9.64 Å². The maximum Gasteiger partial charge on any atom is 0.246 e. The summed E-state index contributed by atoms with van der Waals surface area (Å²) in [6, 6.07) is 9.48. The van der Waals surface area contributed by atoms with Crippen LogP contribution >= 0.6 is 11.6 Å². The van der Waals surface area contributed by atoms with E-state index in [4.69, 9.17) is 21.3 Å². The summed E-state index contributed by atoms with van der Waals surface area (Å²) in [6.45, 7) is 12.8. The zero-order valence-corrected chi connectivity index (χ0v) is 26.0. The SMILES string of the molecule is C=CC(=O)N1CCN(/C(=N/C)c2cc(Cl)c(-c3ccccc3F)nc2N(C=O)c2c(C)cc(OC)nc2C(C)C)C(C)C1. The van der Waals surface area contributed by atoms with E-state index < -0.39 is 5.82 Å². The molecule has 1 atom stereocenters. The number of ether oxygens (including phenoxy) is 1. The number of aliphatic imine (C=N–C) groups is 1. The van der Waals surface area contributed by atoms with Crippen molar-refractivity contribution in [3.63, 3.8) is 0 Å². The number of methoxy groups -OCH3 is 1. The molecule has 0 spiro atoms. The van der Waals surface area contributed by atoms with E-state index in [1.165, 1.54) is 24.2 Å². The number of aryl methyl sites for hydroxylation is 1. The van der Waals surface area contributed by atoms with E-state index in [2.05, 4.69) is 21.5 Å². The van der Waals surface area contributed by atoms with Crippen molar-refractivity contribution in [2.45, 2.75) is 39.7 Å². The Hall–Kier alpha value is -4.31. The zero-order chi connectivity index (χ0) is 31.4. The van der Waals surface area contributed by atoms with Crippen LogP contribution in [-0.2, 0) is 9.59 Å². The Labute approximate surface area is 256 Å². The summed E-state index contributed by atoms with van der Waals surface area (Å²) in [5, 5.41) is 0.192. The van der Waals surface area contributed by atoms with Gasteiger partial charge in [0.1, 0.15) is 11.7 Å². The highest BCUT2D eigenvalue weighted by Crippen LogP contribution is 2.40. The molecule has 0 N–H and O–H groups in total. The second kappa shape index (κ2) is 13.3. The molecular formula is C32H36ClFN6O3. The van der Waals surface area contributed by atoms with Crippen LogP contribution in [0.5, 0.6) is 5.88 Å². The largest absolute Gasteiger partial charge is 0.481 e. The van der Waals surface area contributed by atoms with E-state index >= 15 is 4.39 Å². The summed E-state index contributed by atoms with van der Waals surface area (Å²) in [5.74, 6) is 0.440. The number of nitrogens with zero attached hydrogens (tertiary/aromatic N) is 6. The Morgan fingerprint density at radius 1 is 1.26 bits per heavy atom. The summed E-state index contributed by atoms with van der Waals surface area (Å²) in [5.41, 5.74) is 2.74. The Balaban J connectivity index is 1.97. The molecule has 1 saturated heterocycles. The summed E-state index contributed by atoms with van der Waals surface area (Å²) in [6.07, 6.45) is 1.98. The lowest BCUT2D eigenvalue weighted by atomic mass is 10.0. The van der Waals surface area contributed by atoms with Gasteiger partial charge in [-0.25, -0.2) is 14.4 Å². The molecule has 3 aromatic rings. The highest BCUT2D eigenvalue weighted by atomic mass is 35.5. The number of pyridine rings is 2. The van der Waals surface area contributed by atoms with Crippen molar-refractivity contribution < 1.29 is 18.7 Å². The van der Waals surface area contributed by atoms with Crippen molar-refractivity contribution >= 4 is 41.3 Å². The van der Waals surface area contributed by atoms with E-state index in [9.17, 15) is 9.59 Å². The van der Waals surface area contributed by atoms with Crippen LogP contribution in [0.25, 0.3) is 11.3 Å². The molecule has 43 heavy (non-hydrogen) atoms. The molecule has 1 aromatic carbocycles. The molecule has 4 rings (SSSR count). The number of amides is 2. The maximum atomic E-state index is 15.0. The van der Waals surface area contributed by atoms with Gasteiger partial charge in [0.25, 0.3) is 0 Å². The number of hydrogen-bond donors (Lipinski definition) is 0. The van der Waals surface area contributed by atoms with E-state index in [0.29, 0.717) is 54.7 Å². The molecule has 2 aromatic heterocycles. The van der Waals surface area contributed by atoms with Crippen LogP contribution in [0.1, 0.15) is 43.5 Å². The second-order valence-corrected chi connectivity index (χ2v) is 11.0. The minimum atomic E-state index is -0.501. The lowest BCUT2D eigenvalue weighted by molar-refractivity contribution is -0.128. The fourth-order valence-corrected chi connectivity index (χ4v) is 5.62. The molecular weight excluding hydrogens is 571 g/mol. The molecule has 0 aliphatic carbocycles. The standard InChI is InChI=1S/C32H36ClFN6O3/c1-8-27(42)38-13-14-39(21(5)17-38)31(35-6)23-16-24(33)29(22-11-9-10-12-25(22)34)37-32(23)40(18-41)30-20(4)15-26(43-7)36-28(30)19(2)3/h8-12,15-16,18-19,21H,1,13-14,17H2,2-7H3/b35-31+. The quantitative estimate of drug-likeness (QED) is 0.140. The van der Waals surface area contributed by atoms with Crippen LogP contribution in [0.15, 0.2) is 54.0 Å². The highest BCUT2D eigenvalue weighted by molar-refractivity contribution is 6.33. The lowest BCUT2D eigenvalue weighted by Crippen LogP contribution is -2.55. The summed E-state index contributed by atoms with van der Waals surface area (Å²) < 4.78 is 20.4. The molecule has 1 aliphatic heterocycles. The number of aromatic nitrogens is 2. The predicted octanol–water partition coefficient (Wildman–Crippen LogP) is 5.77. The Kier molecular flexibility index (Phi) is 9.80. The first kappa shape index (κ1) is 31.6. The molecule has 11 heteroatoms. The second-order valence-electron chi connectivity index (χ2n) is 10.6. The Morgan fingerprint density at radius 2 is 1.98 bits per heavy atom. The first-order chi connectivity index (χ1) is 20.6. The monoisotopic (exact) mass is 606 g/mol. The van der Waals surface area contributed by atoms with Gasteiger partial charge in [0.15, 0.2) is 5.82 Å². The number of anilines is 2. The van der Waals surface area contributed by atoms with Crippen LogP contribution in [-0.4, -0.2) is 77.8 Å². The van der Waals surface area contributed by atoms with Gasteiger partial charge in [0.05, 0.1) is 34.8 Å². The average Bonchev–Trinajstić information content (AvgIpc) is 2.99. The van der Waals surface area contributed by atoms with E-state index in [-0.39, 0.29) is 40.0 Å².